The summed E-state index contributed by atoms with van der Waals surface area (Å²) < 4.78 is 26.7. The van der Waals surface area contributed by atoms with E-state index in [9.17, 15) is 18.7 Å². The molecule has 0 aliphatic heterocycles. The molecule has 0 radical (unpaired) electrons. The highest BCUT2D eigenvalue weighted by atomic mass is 19.2. The Morgan fingerprint density at radius 3 is 2.29 bits per heavy atom. The van der Waals surface area contributed by atoms with Gasteiger partial charge in [0.2, 0.25) is 0 Å². The summed E-state index contributed by atoms with van der Waals surface area (Å²) in [6.45, 7) is 0. The van der Waals surface area contributed by atoms with Gasteiger partial charge in [0.05, 0.1) is 5.41 Å². The first-order chi connectivity index (χ1) is 11.5. The Morgan fingerprint density at radius 1 is 1.04 bits per heavy atom. The summed E-state index contributed by atoms with van der Waals surface area (Å²) in [5.41, 5.74) is 0.507. The maximum Gasteiger partial charge on any atom is 0.314 e. The van der Waals surface area contributed by atoms with Crippen molar-refractivity contribution in [2.45, 2.75) is 37.5 Å². The third kappa shape index (κ3) is 3.18. The van der Waals surface area contributed by atoms with Crippen molar-refractivity contribution in [3.8, 4) is 0 Å². The monoisotopic (exact) mass is 330 g/mol. The molecule has 24 heavy (non-hydrogen) atoms. The van der Waals surface area contributed by atoms with E-state index in [1.54, 1.807) is 0 Å². The lowest BCUT2D eigenvalue weighted by atomic mass is 9.66. The maximum atomic E-state index is 13.6. The first kappa shape index (κ1) is 16.6. The van der Waals surface area contributed by atoms with Crippen molar-refractivity contribution in [2.75, 3.05) is 0 Å². The number of aliphatic carboxylic acids is 1. The van der Waals surface area contributed by atoms with Crippen LogP contribution in [0.4, 0.5) is 8.78 Å². The zero-order valence-electron chi connectivity index (χ0n) is 13.3. The Morgan fingerprint density at radius 2 is 1.71 bits per heavy atom. The van der Waals surface area contributed by atoms with E-state index in [1.807, 2.05) is 18.2 Å². The van der Waals surface area contributed by atoms with Gasteiger partial charge in [-0.3, -0.25) is 4.79 Å². The van der Waals surface area contributed by atoms with Gasteiger partial charge in [0.15, 0.2) is 11.6 Å². The van der Waals surface area contributed by atoms with E-state index in [1.165, 1.54) is 11.6 Å². The molecule has 2 aromatic carbocycles. The van der Waals surface area contributed by atoms with Crippen LogP contribution in [0.3, 0.4) is 0 Å². The van der Waals surface area contributed by atoms with Crippen LogP contribution in [-0.4, -0.2) is 11.1 Å². The van der Waals surface area contributed by atoms with Gasteiger partial charge in [-0.15, -0.1) is 0 Å². The van der Waals surface area contributed by atoms with E-state index in [-0.39, 0.29) is 0 Å². The lowest BCUT2D eigenvalue weighted by Crippen LogP contribution is -2.40. The van der Waals surface area contributed by atoms with Gasteiger partial charge in [-0.05, 0) is 61.3 Å². The molecule has 0 spiro atoms. The number of rotatable bonds is 4. The molecule has 1 aliphatic rings. The van der Waals surface area contributed by atoms with Crippen LogP contribution in [0.15, 0.2) is 48.5 Å². The van der Waals surface area contributed by atoms with Crippen LogP contribution >= 0.6 is 0 Å². The molecule has 1 N–H and O–H groups in total. The highest BCUT2D eigenvalue weighted by Gasteiger charge is 2.43. The fourth-order valence-corrected chi connectivity index (χ4v) is 3.74. The Balaban J connectivity index is 1.77. The fraction of sp³-hybridized carbons (Fsp3) is 0.350. The Labute approximate surface area is 140 Å². The predicted octanol–water partition coefficient (Wildman–Crippen LogP) is 4.72. The molecule has 0 amide bonds. The topological polar surface area (TPSA) is 37.3 Å². The highest BCUT2D eigenvalue weighted by Crippen LogP contribution is 2.43. The van der Waals surface area contributed by atoms with Crippen molar-refractivity contribution >= 4 is 5.97 Å². The second-order valence-electron chi connectivity index (χ2n) is 6.65. The second-order valence-corrected chi connectivity index (χ2v) is 6.65. The third-order valence-electron chi connectivity index (χ3n) is 5.21. The van der Waals surface area contributed by atoms with Crippen LogP contribution in [0.2, 0.25) is 0 Å². The van der Waals surface area contributed by atoms with Gasteiger partial charge in [0.25, 0.3) is 0 Å². The highest BCUT2D eigenvalue weighted by molar-refractivity contribution is 5.81. The summed E-state index contributed by atoms with van der Waals surface area (Å²) in [6, 6.07) is 13.6. The van der Waals surface area contributed by atoms with Crippen LogP contribution in [0.1, 0.15) is 36.8 Å². The predicted molar refractivity (Wildman–Crippen MR) is 87.8 cm³/mol. The van der Waals surface area contributed by atoms with Crippen LogP contribution in [-0.2, 0) is 16.6 Å². The van der Waals surface area contributed by atoms with E-state index in [0.29, 0.717) is 24.3 Å². The normalized spacial score (nSPS) is 23.8. The average Bonchev–Trinajstić information content (AvgIpc) is 2.59. The van der Waals surface area contributed by atoms with Crippen molar-refractivity contribution in [2.24, 2.45) is 5.92 Å². The Kier molecular flexibility index (Phi) is 4.65. The van der Waals surface area contributed by atoms with E-state index in [4.69, 9.17) is 0 Å². The van der Waals surface area contributed by atoms with E-state index in [2.05, 4.69) is 12.1 Å². The molecule has 2 aromatic rings. The SMILES string of the molecule is O=C(O)C1(c2ccc(F)c(F)c2)CCC(Cc2ccccc2)CC1. The Bertz CT molecular complexity index is 720. The number of carbonyl (C=O) groups is 1. The molecule has 2 nitrogen and oxygen atoms in total. The van der Waals surface area contributed by atoms with Crippen LogP contribution in [0.5, 0.6) is 0 Å². The second kappa shape index (κ2) is 6.71. The first-order valence-corrected chi connectivity index (χ1v) is 8.24. The zero-order chi connectivity index (χ0) is 17.2. The van der Waals surface area contributed by atoms with Gasteiger partial charge >= 0.3 is 5.97 Å². The fourth-order valence-electron chi connectivity index (χ4n) is 3.74. The summed E-state index contributed by atoms with van der Waals surface area (Å²) in [5, 5.41) is 9.76. The number of hydrogen-bond donors (Lipinski definition) is 1. The van der Waals surface area contributed by atoms with Gasteiger partial charge in [-0.2, -0.15) is 0 Å². The number of hydrogen-bond acceptors (Lipinski definition) is 1. The molecule has 0 saturated heterocycles. The minimum atomic E-state index is -1.11. The molecular weight excluding hydrogens is 310 g/mol. The van der Waals surface area contributed by atoms with E-state index in [0.717, 1.165) is 31.4 Å². The number of halogens is 2. The Hall–Kier alpha value is -2.23. The molecule has 1 aliphatic carbocycles. The van der Waals surface area contributed by atoms with Gasteiger partial charge in [0.1, 0.15) is 0 Å². The van der Waals surface area contributed by atoms with Crippen molar-refractivity contribution in [1.29, 1.82) is 0 Å². The quantitative estimate of drug-likeness (QED) is 0.881. The number of carboxylic acids is 1. The molecule has 4 heteroatoms. The van der Waals surface area contributed by atoms with Gasteiger partial charge in [0, 0.05) is 0 Å². The molecular formula is C20H20F2O2. The molecule has 1 saturated carbocycles. The summed E-state index contributed by atoms with van der Waals surface area (Å²) in [4.78, 5) is 11.9. The molecule has 0 atom stereocenters. The maximum absolute atomic E-state index is 13.6. The third-order valence-corrected chi connectivity index (χ3v) is 5.21. The summed E-state index contributed by atoms with van der Waals surface area (Å²) in [5.74, 6) is -2.46. The van der Waals surface area contributed by atoms with Gasteiger partial charge < -0.3 is 5.11 Å². The van der Waals surface area contributed by atoms with Crippen molar-refractivity contribution in [1.82, 2.24) is 0 Å². The van der Waals surface area contributed by atoms with Crippen LogP contribution in [0.25, 0.3) is 0 Å². The van der Waals surface area contributed by atoms with Gasteiger partial charge in [-0.1, -0.05) is 36.4 Å². The average molecular weight is 330 g/mol. The van der Waals surface area contributed by atoms with E-state index >= 15 is 0 Å². The number of carboxylic acid groups (broad SMARTS) is 1. The minimum absolute atomic E-state index is 0.368. The lowest BCUT2D eigenvalue weighted by Gasteiger charge is -2.37. The molecule has 3 rings (SSSR count). The summed E-state index contributed by atoms with van der Waals surface area (Å²) in [6.07, 6.45) is 3.35. The largest absolute Gasteiger partial charge is 0.481 e. The first-order valence-electron chi connectivity index (χ1n) is 8.24. The summed E-state index contributed by atoms with van der Waals surface area (Å²) in [7, 11) is 0. The van der Waals surface area contributed by atoms with Crippen LogP contribution in [0, 0.1) is 17.6 Å². The molecule has 1 fully saturated rings. The van der Waals surface area contributed by atoms with Crippen LogP contribution < -0.4 is 0 Å². The van der Waals surface area contributed by atoms with Crippen molar-refractivity contribution in [3.05, 3.63) is 71.3 Å². The smallest absolute Gasteiger partial charge is 0.314 e. The van der Waals surface area contributed by atoms with Crippen molar-refractivity contribution in [3.63, 3.8) is 0 Å². The minimum Gasteiger partial charge on any atom is -0.481 e. The molecule has 126 valence electrons. The summed E-state index contributed by atoms with van der Waals surface area (Å²) >= 11 is 0. The standard InChI is InChI=1S/C20H20F2O2/c21-17-7-6-16(13-18(17)22)20(19(23)24)10-8-15(9-11-20)12-14-4-2-1-3-5-14/h1-7,13,15H,8-12H2,(H,23,24). The van der Waals surface area contributed by atoms with Gasteiger partial charge in [-0.25, -0.2) is 8.78 Å². The number of benzene rings is 2. The molecule has 0 heterocycles. The van der Waals surface area contributed by atoms with Crippen molar-refractivity contribution < 1.29 is 18.7 Å². The molecule has 0 unspecified atom stereocenters. The lowest BCUT2D eigenvalue weighted by molar-refractivity contribution is -0.145. The zero-order valence-corrected chi connectivity index (χ0v) is 13.3. The molecule has 0 bridgehead atoms. The van der Waals surface area contributed by atoms with E-state index < -0.39 is 23.0 Å². The molecule has 0 aromatic heterocycles.